The van der Waals surface area contributed by atoms with E-state index in [0.717, 1.165) is 4.88 Å². The fourth-order valence-electron chi connectivity index (χ4n) is 1.79. The highest BCUT2D eigenvalue weighted by Crippen LogP contribution is 2.28. The second-order valence-electron chi connectivity index (χ2n) is 5.61. The summed E-state index contributed by atoms with van der Waals surface area (Å²) in [7, 11) is 0. The summed E-state index contributed by atoms with van der Waals surface area (Å²) in [4.78, 5) is 15.0. The zero-order valence-electron chi connectivity index (χ0n) is 12.2. The van der Waals surface area contributed by atoms with Gasteiger partial charge >= 0.3 is 6.09 Å². The van der Waals surface area contributed by atoms with Crippen molar-refractivity contribution in [2.24, 2.45) is 0 Å². The lowest BCUT2D eigenvalue weighted by Crippen LogP contribution is -2.44. The summed E-state index contributed by atoms with van der Waals surface area (Å²) in [5, 5.41) is 11.3. The van der Waals surface area contributed by atoms with Gasteiger partial charge in [0.25, 0.3) is 0 Å². The molecule has 0 saturated heterocycles. The number of aliphatic hydroxyl groups is 1. The van der Waals surface area contributed by atoms with Crippen LogP contribution in [0.3, 0.4) is 0 Å². The molecule has 0 bridgehead atoms. The summed E-state index contributed by atoms with van der Waals surface area (Å²) in [5.41, 5.74) is -0.542. The van der Waals surface area contributed by atoms with Crippen molar-refractivity contribution < 1.29 is 14.6 Å². The van der Waals surface area contributed by atoms with Crippen LogP contribution in [0.5, 0.6) is 0 Å². The molecule has 5 heteroatoms. The molecule has 0 aliphatic rings. The van der Waals surface area contributed by atoms with Gasteiger partial charge in [0.15, 0.2) is 0 Å². The largest absolute Gasteiger partial charge is 0.444 e. The Morgan fingerprint density at radius 3 is 2.53 bits per heavy atom. The van der Waals surface area contributed by atoms with Gasteiger partial charge in [-0.2, -0.15) is 0 Å². The molecule has 19 heavy (non-hydrogen) atoms. The van der Waals surface area contributed by atoms with Crippen LogP contribution in [0.15, 0.2) is 17.5 Å². The van der Waals surface area contributed by atoms with E-state index in [1.54, 1.807) is 16.2 Å². The number of rotatable bonds is 4. The molecular weight excluding hydrogens is 262 g/mol. The van der Waals surface area contributed by atoms with Gasteiger partial charge in [-0.1, -0.05) is 6.07 Å². The number of ether oxygens (including phenoxy) is 1. The number of hydrogen-bond donors (Lipinski definition) is 1. The number of amides is 1. The quantitative estimate of drug-likeness (QED) is 0.922. The number of thiophene rings is 1. The van der Waals surface area contributed by atoms with Crippen molar-refractivity contribution in [3.05, 3.63) is 22.4 Å². The van der Waals surface area contributed by atoms with Crippen molar-refractivity contribution in [2.75, 3.05) is 6.61 Å². The first kappa shape index (κ1) is 16.0. The van der Waals surface area contributed by atoms with Gasteiger partial charge < -0.3 is 9.84 Å². The SMILES string of the molecule is CC(CO)N(C(=O)OC(C)(C)C)C(C)c1cccs1. The highest BCUT2D eigenvalue weighted by atomic mass is 32.1. The van der Waals surface area contributed by atoms with E-state index in [1.807, 2.05) is 52.1 Å². The third-order valence-corrected chi connectivity index (χ3v) is 3.76. The van der Waals surface area contributed by atoms with Gasteiger partial charge in [-0.3, -0.25) is 4.90 Å². The van der Waals surface area contributed by atoms with Crippen LogP contribution in [0.2, 0.25) is 0 Å². The van der Waals surface area contributed by atoms with Gasteiger partial charge in [0.1, 0.15) is 5.60 Å². The predicted octanol–water partition coefficient (Wildman–Crippen LogP) is 3.43. The summed E-state index contributed by atoms with van der Waals surface area (Å²) >= 11 is 1.59. The van der Waals surface area contributed by atoms with E-state index in [4.69, 9.17) is 4.74 Å². The number of hydrogen-bond acceptors (Lipinski definition) is 4. The van der Waals surface area contributed by atoms with Gasteiger partial charge in [0, 0.05) is 4.88 Å². The van der Waals surface area contributed by atoms with E-state index >= 15 is 0 Å². The first-order chi connectivity index (χ1) is 8.76. The normalized spacial score (nSPS) is 14.8. The minimum absolute atomic E-state index is 0.0883. The predicted molar refractivity (Wildman–Crippen MR) is 77.4 cm³/mol. The summed E-state index contributed by atoms with van der Waals surface area (Å²) < 4.78 is 5.42. The Bertz CT molecular complexity index is 397. The molecule has 0 fully saturated rings. The molecule has 0 saturated carbocycles. The average molecular weight is 285 g/mol. The standard InChI is InChI=1S/C14H23NO3S/c1-10(9-16)15(13(17)18-14(3,4)5)11(2)12-7-6-8-19-12/h6-8,10-11,16H,9H2,1-5H3. The molecule has 0 aliphatic heterocycles. The third kappa shape index (κ3) is 4.51. The lowest BCUT2D eigenvalue weighted by atomic mass is 10.2. The van der Waals surface area contributed by atoms with Crippen molar-refractivity contribution in [3.8, 4) is 0 Å². The summed E-state index contributed by atoms with van der Waals surface area (Å²) in [5.74, 6) is 0. The lowest BCUT2D eigenvalue weighted by Gasteiger charge is -2.34. The smallest absolute Gasteiger partial charge is 0.411 e. The Morgan fingerprint density at radius 2 is 2.11 bits per heavy atom. The lowest BCUT2D eigenvalue weighted by molar-refractivity contribution is 0.00168. The minimum Gasteiger partial charge on any atom is -0.444 e. The number of carbonyl (C=O) groups excluding carboxylic acids is 1. The number of nitrogens with zero attached hydrogens (tertiary/aromatic N) is 1. The molecule has 108 valence electrons. The molecular formula is C14H23NO3S. The molecule has 0 aromatic carbocycles. The Kier molecular flexibility index (Phi) is 5.38. The van der Waals surface area contributed by atoms with Crippen molar-refractivity contribution in [2.45, 2.75) is 52.3 Å². The van der Waals surface area contributed by atoms with E-state index in [1.165, 1.54) is 0 Å². The van der Waals surface area contributed by atoms with Crippen LogP contribution < -0.4 is 0 Å². The van der Waals surface area contributed by atoms with E-state index < -0.39 is 11.7 Å². The molecule has 1 rings (SSSR count). The molecule has 2 atom stereocenters. The van der Waals surface area contributed by atoms with Gasteiger partial charge in [-0.25, -0.2) is 4.79 Å². The molecule has 4 nitrogen and oxygen atoms in total. The van der Waals surface area contributed by atoms with Crippen molar-refractivity contribution in [1.82, 2.24) is 4.90 Å². The van der Waals surface area contributed by atoms with Gasteiger partial charge in [-0.05, 0) is 46.1 Å². The second-order valence-corrected chi connectivity index (χ2v) is 6.59. The van der Waals surface area contributed by atoms with Crippen molar-refractivity contribution >= 4 is 17.4 Å². The van der Waals surface area contributed by atoms with E-state index in [2.05, 4.69) is 0 Å². The van der Waals surface area contributed by atoms with E-state index in [9.17, 15) is 9.90 Å². The maximum absolute atomic E-state index is 12.3. The first-order valence-electron chi connectivity index (χ1n) is 6.42. The maximum atomic E-state index is 12.3. The van der Waals surface area contributed by atoms with Crippen LogP contribution in [0.4, 0.5) is 4.79 Å². The van der Waals surface area contributed by atoms with Gasteiger partial charge in [0.2, 0.25) is 0 Å². The first-order valence-corrected chi connectivity index (χ1v) is 7.30. The second kappa shape index (κ2) is 6.39. The van der Waals surface area contributed by atoms with Crippen LogP contribution in [0, 0.1) is 0 Å². The maximum Gasteiger partial charge on any atom is 0.411 e. The zero-order valence-corrected chi connectivity index (χ0v) is 13.0. The molecule has 1 N–H and O–H groups in total. The fourth-order valence-corrected chi connectivity index (χ4v) is 2.57. The Labute approximate surface area is 119 Å². The summed E-state index contributed by atoms with van der Waals surface area (Å²) in [6.07, 6.45) is -0.394. The van der Waals surface area contributed by atoms with E-state index in [0.29, 0.717) is 0 Å². The summed E-state index contributed by atoms with van der Waals surface area (Å²) in [6.45, 7) is 9.18. The Hall–Kier alpha value is -1.07. The number of aliphatic hydroxyl groups excluding tert-OH is 1. The molecule has 0 spiro atoms. The van der Waals surface area contributed by atoms with Crippen LogP contribution in [-0.2, 0) is 4.74 Å². The van der Waals surface area contributed by atoms with E-state index in [-0.39, 0.29) is 18.7 Å². The van der Waals surface area contributed by atoms with Crippen molar-refractivity contribution in [3.63, 3.8) is 0 Å². The van der Waals surface area contributed by atoms with Crippen LogP contribution in [-0.4, -0.2) is 34.3 Å². The monoisotopic (exact) mass is 285 g/mol. The average Bonchev–Trinajstić information content (AvgIpc) is 2.79. The minimum atomic E-state index is -0.542. The molecule has 2 unspecified atom stereocenters. The molecule has 1 heterocycles. The topological polar surface area (TPSA) is 49.8 Å². The number of carbonyl (C=O) groups is 1. The fraction of sp³-hybridized carbons (Fsp3) is 0.643. The van der Waals surface area contributed by atoms with Gasteiger partial charge in [0.05, 0.1) is 18.7 Å². The Morgan fingerprint density at radius 1 is 1.47 bits per heavy atom. The molecule has 1 amide bonds. The highest BCUT2D eigenvalue weighted by molar-refractivity contribution is 7.10. The Balaban J connectivity index is 2.92. The zero-order chi connectivity index (χ0) is 14.6. The van der Waals surface area contributed by atoms with Crippen LogP contribution in [0.25, 0.3) is 0 Å². The van der Waals surface area contributed by atoms with Crippen LogP contribution in [0.1, 0.15) is 45.5 Å². The third-order valence-electron chi connectivity index (χ3n) is 2.72. The highest BCUT2D eigenvalue weighted by Gasteiger charge is 2.30. The van der Waals surface area contributed by atoms with Crippen molar-refractivity contribution in [1.29, 1.82) is 0 Å². The molecule has 0 aliphatic carbocycles. The molecule has 1 aromatic rings. The van der Waals surface area contributed by atoms with Gasteiger partial charge in [-0.15, -0.1) is 11.3 Å². The molecule has 1 aromatic heterocycles. The molecule has 0 radical (unpaired) electrons. The summed E-state index contributed by atoms with van der Waals surface area (Å²) in [6, 6.07) is 3.54. The van der Waals surface area contributed by atoms with Crippen LogP contribution >= 0.6 is 11.3 Å².